The van der Waals surface area contributed by atoms with E-state index in [1.165, 1.54) is 18.2 Å². The third-order valence-corrected chi connectivity index (χ3v) is 2.43. The molecule has 0 saturated carbocycles. The van der Waals surface area contributed by atoms with Crippen molar-refractivity contribution in [2.45, 2.75) is 10.7 Å². The quantitative estimate of drug-likeness (QED) is 0.721. The molecule has 2 nitrogen and oxygen atoms in total. The molecule has 1 aromatic rings. The van der Waals surface area contributed by atoms with Crippen LogP contribution in [0.3, 0.4) is 0 Å². The van der Waals surface area contributed by atoms with Gasteiger partial charge in [-0.25, -0.2) is 4.21 Å². The van der Waals surface area contributed by atoms with Gasteiger partial charge in [-0.3, -0.25) is 0 Å². The van der Waals surface area contributed by atoms with Gasteiger partial charge in [-0.05, 0) is 12.1 Å². The maximum Gasteiger partial charge on any atom is 0.316 e. The molecule has 0 aliphatic rings. The third kappa shape index (κ3) is 1.79. The maximum absolute atomic E-state index is 11.9. The molecule has 0 heterocycles. The van der Waals surface area contributed by atoms with E-state index in [1.54, 1.807) is 6.07 Å². The van der Waals surface area contributed by atoms with Crippen molar-refractivity contribution in [3.63, 3.8) is 0 Å². The second-order valence-electron chi connectivity index (χ2n) is 2.10. The van der Waals surface area contributed by atoms with Gasteiger partial charge in [0.05, 0.1) is 4.90 Å². The van der Waals surface area contributed by atoms with Gasteiger partial charge >= 0.3 is 5.76 Å². The number of halogens is 2. The highest BCUT2D eigenvalue weighted by Gasteiger charge is 2.17. The van der Waals surface area contributed by atoms with Crippen LogP contribution in [0.2, 0.25) is 0 Å². The third-order valence-electron chi connectivity index (χ3n) is 1.30. The van der Waals surface area contributed by atoms with Crippen molar-refractivity contribution in [3.8, 4) is 0 Å². The maximum atomic E-state index is 11.9. The van der Waals surface area contributed by atoms with Gasteiger partial charge < -0.3 is 5.73 Å². The number of rotatable bonds is 2. The van der Waals surface area contributed by atoms with Gasteiger partial charge in [-0.15, -0.1) is 0 Å². The van der Waals surface area contributed by atoms with E-state index in [1.807, 2.05) is 0 Å². The Balaban J connectivity index is 3.03. The SMILES string of the molecule is Nc1ccccc1S(=O)C(F)F. The van der Waals surface area contributed by atoms with Gasteiger partial charge in [-0.1, -0.05) is 12.1 Å². The predicted molar refractivity (Wildman–Crippen MR) is 43.3 cm³/mol. The van der Waals surface area contributed by atoms with Gasteiger partial charge in [0.25, 0.3) is 0 Å². The fraction of sp³-hybridized carbons (Fsp3) is 0.143. The highest BCUT2D eigenvalue weighted by molar-refractivity contribution is 7.85. The molecule has 2 N–H and O–H groups in total. The molecule has 0 fully saturated rings. The first-order valence-corrected chi connectivity index (χ1v) is 4.37. The number of hydrogen-bond donors (Lipinski definition) is 1. The fourth-order valence-corrected chi connectivity index (χ4v) is 1.46. The van der Waals surface area contributed by atoms with Crippen LogP contribution in [0, 0.1) is 0 Å². The van der Waals surface area contributed by atoms with E-state index in [0.29, 0.717) is 0 Å². The number of hydrogen-bond acceptors (Lipinski definition) is 2. The van der Waals surface area contributed by atoms with Crippen molar-refractivity contribution >= 4 is 16.5 Å². The van der Waals surface area contributed by atoms with Crippen LogP contribution < -0.4 is 5.73 Å². The average Bonchev–Trinajstić information content (AvgIpc) is 2.04. The molecule has 1 unspecified atom stereocenters. The summed E-state index contributed by atoms with van der Waals surface area (Å²) >= 11 is 0. The molecule has 0 aliphatic carbocycles. The molecule has 12 heavy (non-hydrogen) atoms. The summed E-state index contributed by atoms with van der Waals surface area (Å²) in [5.41, 5.74) is 5.47. The van der Waals surface area contributed by atoms with Crippen molar-refractivity contribution < 1.29 is 13.0 Å². The van der Waals surface area contributed by atoms with E-state index >= 15 is 0 Å². The van der Waals surface area contributed by atoms with Crippen LogP contribution in [0.1, 0.15) is 0 Å². The Hall–Kier alpha value is -0.970. The Morgan fingerprint density at radius 2 is 1.92 bits per heavy atom. The minimum atomic E-state index is -2.88. The molecule has 0 aromatic heterocycles. The predicted octanol–water partition coefficient (Wildman–Crippen LogP) is 1.60. The zero-order chi connectivity index (χ0) is 9.14. The number of para-hydroxylation sites is 1. The lowest BCUT2D eigenvalue weighted by Gasteiger charge is -2.02. The number of nitrogen functional groups attached to an aromatic ring is 1. The first kappa shape index (κ1) is 9.12. The zero-order valence-electron chi connectivity index (χ0n) is 6.04. The smallest absolute Gasteiger partial charge is 0.316 e. The highest BCUT2D eigenvalue weighted by Crippen LogP contribution is 2.19. The summed E-state index contributed by atoms with van der Waals surface area (Å²) in [4.78, 5) is -0.00694. The van der Waals surface area contributed by atoms with Crippen LogP contribution in [0.4, 0.5) is 14.5 Å². The molecule has 66 valence electrons. The molecule has 0 aliphatic heterocycles. The Morgan fingerprint density at radius 1 is 1.33 bits per heavy atom. The van der Waals surface area contributed by atoms with Crippen LogP contribution in [0.25, 0.3) is 0 Å². The molecule has 0 radical (unpaired) electrons. The van der Waals surface area contributed by atoms with Crippen LogP contribution in [0.15, 0.2) is 29.2 Å². The standard InChI is InChI=1S/C7H7F2NOS/c8-7(9)12(11)6-4-2-1-3-5(6)10/h1-4,7H,10H2. The molecular weight excluding hydrogens is 184 g/mol. The summed E-state index contributed by atoms with van der Waals surface area (Å²) in [6, 6.07) is 5.89. The molecule has 1 rings (SSSR count). The molecule has 0 bridgehead atoms. The van der Waals surface area contributed by atoms with Gasteiger partial charge in [0.1, 0.15) is 10.8 Å². The Kier molecular flexibility index (Phi) is 2.75. The van der Waals surface area contributed by atoms with Crippen molar-refractivity contribution in [1.29, 1.82) is 0 Å². The van der Waals surface area contributed by atoms with E-state index in [0.717, 1.165) is 0 Å². The fourth-order valence-electron chi connectivity index (χ4n) is 0.760. The van der Waals surface area contributed by atoms with Gasteiger partial charge in [-0.2, -0.15) is 8.78 Å². The van der Waals surface area contributed by atoms with E-state index in [9.17, 15) is 13.0 Å². The van der Waals surface area contributed by atoms with Crippen LogP contribution in [0.5, 0.6) is 0 Å². The lowest BCUT2D eigenvalue weighted by molar-refractivity contribution is 0.244. The van der Waals surface area contributed by atoms with Gasteiger partial charge in [0.15, 0.2) is 0 Å². The molecule has 0 saturated heterocycles. The molecule has 5 heteroatoms. The summed E-state index contributed by atoms with van der Waals surface area (Å²) in [7, 11) is -2.31. The summed E-state index contributed by atoms with van der Waals surface area (Å²) in [5, 5.41) is 0. The average molecular weight is 191 g/mol. The molecule has 0 spiro atoms. The lowest BCUT2D eigenvalue weighted by Crippen LogP contribution is -2.05. The van der Waals surface area contributed by atoms with E-state index in [4.69, 9.17) is 5.73 Å². The van der Waals surface area contributed by atoms with Crippen molar-refractivity contribution in [2.24, 2.45) is 0 Å². The number of benzene rings is 1. The van der Waals surface area contributed by atoms with Crippen molar-refractivity contribution in [3.05, 3.63) is 24.3 Å². The van der Waals surface area contributed by atoms with Gasteiger partial charge in [0, 0.05) is 5.69 Å². The van der Waals surface area contributed by atoms with Crippen LogP contribution in [-0.4, -0.2) is 9.97 Å². The summed E-state index contributed by atoms with van der Waals surface area (Å²) in [5.74, 6) is -2.88. The molecule has 1 aromatic carbocycles. The minimum Gasteiger partial charge on any atom is -0.398 e. The Labute approximate surface area is 70.8 Å². The van der Waals surface area contributed by atoms with Crippen LogP contribution in [-0.2, 0) is 10.8 Å². The summed E-state index contributed by atoms with van der Waals surface area (Å²) in [6.07, 6.45) is 0. The van der Waals surface area contributed by atoms with Crippen molar-refractivity contribution in [2.75, 3.05) is 5.73 Å². The Morgan fingerprint density at radius 3 is 2.42 bits per heavy atom. The monoisotopic (exact) mass is 191 g/mol. The second-order valence-corrected chi connectivity index (χ2v) is 3.49. The van der Waals surface area contributed by atoms with Gasteiger partial charge in [0.2, 0.25) is 0 Å². The lowest BCUT2D eigenvalue weighted by atomic mass is 10.3. The first-order valence-electron chi connectivity index (χ1n) is 3.16. The van der Waals surface area contributed by atoms with E-state index < -0.39 is 16.6 Å². The highest BCUT2D eigenvalue weighted by atomic mass is 32.2. The topological polar surface area (TPSA) is 43.1 Å². The molecule has 0 amide bonds. The number of alkyl halides is 2. The summed E-state index contributed by atoms with van der Waals surface area (Å²) in [6.45, 7) is 0. The zero-order valence-corrected chi connectivity index (χ0v) is 6.85. The van der Waals surface area contributed by atoms with E-state index in [-0.39, 0.29) is 10.6 Å². The van der Waals surface area contributed by atoms with Crippen LogP contribution >= 0.6 is 0 Å². The number of nitrogens with two attached hydrogens (primary N) is 1. The molecule has 1 atom stereocenters. The number of anilines is 1. The summed E-state index contributed by atoms with van der Waals surface area (Å²) < 4.78 is 34.7. The normalized spacial score (nSPS) is 13.2. The van der Waals surface area contributed by atoms with E-state index in [2.05, 4.69) is 0 Å². The molecular formula is C7H7F2NOS. The first-order chi connectivity index (χ1) is 5.63. The second kappa shape index (κ2) is 3.62. The van der Waals surface area contributed by atoms with Crippen molar-refractivity contribution in [1.82, 2.24) is 0 Å². The Bertz CT molecular complexity index is 303. The largest absolute Gasteiger partial charge is 0.398 e. The minimum absolute atomic E-state index is 0.00694.